The van der Waals surface area contributed by atoms with Gasteiger partial charge in [-0.3, -0.25) is 0 Å². The fraction of sp³-hybridized carbons (Fsp3) is 0.333. The van der Waals surface area contributed by atoms with Crippen molar-refractivity contribution in [3.63, 3.8) is 0 Å². The summed E-state index contributed by atoms with van der Waals surface area (Å²) in [5, 5.41) is 1.48. The van der Waals surface area contributed by atoms with Crippen LogP contribution in [0.25, 0.3) is 0 Å². The minimum absolute atomic E-state index is 0.127. The summed E-state index contributed by atoms with van der Waals surface area (Å²) < 4.78 is 0.745. The molecule has 1 heterocycles. The van der Waals surface area contributed by atoms with Crippen molar-refractivity contribution in [1.29, 1.82) is 0 Å². The average molecular weight is 409 g/mol. The smallest absolute Gasteiger partial charge is 0.147 e. The van der Waals surface area contributed by atoms with Crippen LogP contribution in [0, 0.1) is 0 Å². The van der Waals surface area contributed by atoms with E-state index >= 15 is 0 Å². The monoisotopic (exact) mass is 406 g/mol. The van der Waals surface area contributed by atoms with Gasteiger partial charge in [-0.15, -0.1) is 0 Å². The second-order valence-corrected chi connectivity index (χ2v) is 7.73. The molecule has 2 nitrogen and oxygen atoms in total. The zero-order chi connectivity index (χ0) is 15.8. The molecular weight excluding hydrogens is 394 g/mol. The predicted octanol–water partition coefficient (Wildman–Crippen LogP) is 6.09. The van der Waals surface area contributed by atoms with E-state index in [4.69, 9.17) is 34.8 Å². The lowest BCUT2D eigenvalue weighted by molar-refractivity contribution is 0.559. The SMILES string of the molecule is CC(C)(C)c1nc(Cc2ccc(Cl)c(Cl)c2)nc(Cl)c1Br. The first-order valence-electron chi connectivity index (χ1n) is 6.35. The van der Waals surface area contributed by atoms with Crippen molar-refractivity contribution in [3.8, 4) is 0 Å². The number of nitrogens with zero attached hydrogens (tertiary/aromatic N) is 2. The number of hydrogen-bond acceptors (Lipinski definition) is 2. The van der Waals surface area contributed by atoms with Crippen molar-refractivity contribution in [1.82, 2.24) is 9.97 Å². The van der Waals surface area contributed by atoms with E-state index in [1.807, 2.05) is 12.1 Å². The molecular formula is C15H14BrCl3N2. The van der Waals surface area contributed by atoms with Crippen LogP contribution < -0.4 is 0 Å². The van der Waals surface area contributed by atoms with Crippen molar-refractivity contribution >= 4 is 50.7 Å². The maximum atomic E-state index is 6.20. The lowest BCUT2D eigenvalue weighted by atomic mass is 9.92. The highest BCUT2D eigenvalue weighted by atomic mass is 79.9. The van der Waals surface area contributed by atoms with Gasteiger partial charge in [0.1, 0.15) is 11.0 Å². The Morgan fingerprint density at radius 3 is 2.29 bits per heavy atom. The number of hydrogen-bond donors (Lipinski definition) is 0. The number of aromatic nitrogens is 2. The molecule has 112 valence electrons. The van der Waals surface area contributed by atoms with Crippen molar-refractivity contribution in [2.24, 2.45) is 0 Å². The van der Waals surface area contributed by atoms with Crippen molar-refractivity contribution < 1.29 is 0 Å². The quantitative estimate of drug-likeness (QED) is 0.562. The summed E-state index contributed by atoms with van der Waals surface area (Å²) in [5.74, 6) is 0.659. The molecule has 0 unspecified atom stereocenters. The highest BCUT2D eigenvalue weighted by Gasteiger charge is 2.22. The lowest BCUT2D eigenvalue weighted by Crippen LogP contribution is -2.17. The molecule has 1 aromatic carbocycles. The first-order chi connectivity index (χ1) is 9.68. The molecule has 0 atom stereocenters. The molecule has 0 bridgehead atoms. The van der Waals surface area contributed by atoms with Crippen LogP contribution in [0.2, 0.25) is 15.2 Å². The molecule has 1 aromatic heterocycles. The summed E-state index contributed by atoms with van der Waals surface area (Å²) in [6.45, 7) is 6.25. The Morgan fingerprint density at radius 1 is 1.05 bits per heavy atom. The molecule has 0 radical (unpaired) electrons. The highest BCUT2D eigenvalue weighted by Crippen LogP contribution is 2.32. The average Bonchev–Trinajstić information content (AvgIpc) is 2.36. The number of halogens is 4. The molecule has 2 rings (SSSR count). The van der Waals surface area contributed by atoms with E-state index in [9.17, 15) is 0 Å². The second-order valence-electron chi connectivity index (χ2n) is 5.77. The van der Waals surface area contributed by atoms with Gasteiger partial charge >= 0.3 is 0 Å². The zero-order valence-corrected chi connectivity index (χ0v) is 15.7. The molecule has 0 saturated heterocycles. The van der Waals surface area contributed by atoms with Crippen LogP contribution in [0.5, 0.6) is 0 Å². The number of benzene rings is 1. The van der Waals surface area contributed by atoms with Crippen molar-refractivity contribution in [2.45, 2.75) is 32.6 Å². The van der Waals surface area contributed by atoms with Gasteiger partial charge < -0.3 is 0 Å². The Morgan fingerprint density at radius 2 is 1.71 bits per heavy atom. The molecule has 0 aliphatic rings. The maximum Gasteiger partial charge on any atom is 0.147 e. The normalized spacial score (nSPS) is 11.8. The Balaban J connectivity index is 2.41. The fourth-order valence-electron chi connectivity index (χ4n) is 1.87. The van der Waals surface area contributed by atoms with Crippen LogP contribution in [0.4, 0.5) is 0 Å². The number of rotatable bonds is 2. The van der Waals surface area contributed by atoms with E-state index in [-0.39, 0.29) is 5.41 Å². The van der Waals surface area contributed by atoms with E-state index in [0.29, 0.717) is 27.4 Å². The minimum atomic E-state index is -0.127. The van der Waals surface area contributed by atoms with Gasteiger partial charge in [-0.25, -0.2) is 9.97 Å². The zero-order valence-electron chi connectivity index (χ0n) is 11.8. The third kappa shape index (κ3) is 4.10. The van der Waals surface area contributed by atoms with Gasteiger partial charge in [0.15, 0.2) is 0 Å². The molecule has 0 spiro atoms. The topological polar surface area (TPSA) is 25.8 Å². The fourth-order valence-corrected chi connectivity index (χ4v) is 3.15. The maximum absolute atomic E-state index is 6.20. The van der Waals surface area contributed by atoms with E-state index in [0.717, 1.165) is 15.7 Å². The molecule has 21 heavy (non-hydrogen) atoms. The predicted molar refractivity (Wildman–Crippen MR) is 92.7 cm³/mol. The third-order valence-electron chi connectivity index (χ3n) is 2.91. The molecule has 0 saturated carbocycles. The van der Waals surface area contributed by atoms with Crippen LogP contribution in [-0.4, -0.2) is 9.97 Å². The Labute approximate surface area is 148 Å². The van der Waals surface area contributed by atoms with Crippen molar-refractivity contribution in [2.75, 3.05) is 0 Å². The Kier molecular flexibility index (Phi) is 5.19. The molecule has 0 aliphatic heterocycles. The molecule has 0 N–H and O–H groups in total. The summed E-state index contributed by atoms with van der Waals surface area (Å²) in [5.41, 5.74) is 1.75. The summed E-state index contributed by atoms with van der Waals surface area (Å²) in [6.07, 6.45) is 0.549. The molecule has 0 aliphatic carbocycles. The van der Waals surface area contributed by atoms with Gasteiger partial charge in [-0.1, -0.05) is 61.6 Å². The Bertz CT molecular complexity index is 681. The van der Waals surface area contributed by atoms with Gasteiger partial charge in [-0.2, -0.15) is 0 Å². The van der Waals surface area contributed by atoms with Crippen LogP contribution in [0.1, 0.15) is 37.9 Å². The first kappa shape index (κ1) is 17.0. The van der Waals surface area contributed by atoms with Gasteiger partial charge in [0.2, 0.25) is 0 Å². The van der Waals surface area contributed by atoms with E-state index in [1.165, 1.54) is 0 Å². The van der Waals surface area contributed by atoms with E-state index in [2.05, 4.69) is 46.7 Å². The molecule has 0 fully saturated rings. The largest absolute Gasteiger partial charge is 0.236 e. The van der Waals surface area contributed by atoms with Gasteiger partial charge in [0, 0.05) is 11.8 Å². The van der Waals surface area contributed by atoms with Crippen LogP contribution in [-0.2, 0) is 11.8 Å². The summed E-state index contributed by atoms with van der Waals surface area (Å²) >= 11 is 21.6. The van der Waals surface area contributed by atoms with Crippen molar-refractivity contribution in [3.05, 3.63) is 55.0 Å². The molecule has 6 heteroatoms. The summed E-state index contributed by atoms with van der Waals surface area (Å²) in [4.78, 5) is 8.96. The standard InChI is InChI=1S/C15H14BrCl3N2/c1-15(2,3)13-12(16)14(19)21-11(20-13)7-8-4-5-9(17)10(18)6-8/h4-6H,7H2,1-3H3. The van der Waals surface area contributed by atoms with Gasteiger partial charge in [-0.05, 0) is 33.6 Å². The lowest BCUT2D eigenvalue weighted by Gasteiger charge is -2.20. The van der Waals surface area contributed by atoms with Gasteiger partial charge in [0.05, 0.1) is 20.2 Å². The van der Waals surface area contributed by atoms with Crippen LogP contribution >= 0.6 is 50.7 Å². The highest BCUT2D eigenvalue weighted by molar-refractivity contribution is 9.10. The van der Waals surface area contributed by atoms with E-state index < -0.39 is 0 Å². The molecule has 0 amide bonds. The summed E-state index contributed by atoms with van der Waals surface area (Å²) in [7, 11) is 0. The van der Waals surface area contributed by atoms with E-state index in [1.54, 1.807) is 6.07 Å². The summed E-state index contributed by atoms with van der Waals surface area (Å²) in [6, 6.07) is 5.49. The Hall–Kier alpha value is -0.350. The first-order valence-corrected chi connectivity index (χ1v) is 8.27. The minimum Gasteiger partial charge on any atom is -0.236 e. The van der Waals surface area contributed by atoms with Crippen LogP contribution in [0.15, 0.2) is 22.7 Å². The van der Waals surface area contributed by atoms with Crippen LogP contribution in [0.3, 0.4) is 0 Å². The third-order valence-corrected chi connectivity index (χ3v) is 4.91. The van der Waals surface area contributed by atoms with Gasteiger partial charge in [0.25, 0.3) is 0 Å². The second kappa shape index (κ2) is 6.41. The molecule has 2 aromatic rings.